The number of fused-ring (bicyclic) bond motifs is 1. The summed E-state index contributed by atoms with van der Waals surface area (Å²) in [7, 11) is 0. The lowest BCUT2D eigenvalue weighted by atomic mass is 10.2. The number of hydrogen-bond donors (Lipinski definition) is 2. The molecule has 0 aliphatic rings. The van der Waals surface area contributed by atoms with Crippen LogP contribution in [0.4, 0.5) is 39.3 Å². The lowest BCUT2D eigenvalue weighted by Crippen LogP contribution is -2.08. The Kier molecular flexibility index (Phi) is 5.18. The Labute approximate surface area is 167 Å². The van der Waals surface area contributed by atoms with Crippen LogP contribution in [0.3, 0.4) is 0 Å². The number of nitrogens with zero attached hydrogens (tertiary/aromatic N) is 2. The van der Waals surface area contributed by atoms with E-state index in [0.717, 1.165) is 24.3 Å². The van der Waals surface area contributed by atoms with Crippen molar-refractivity contribution in [2.75, 3.05) is 10.6 Å². The first kappa shape index (κ1) is 19.6. The quantitative estimate of drug-likeness (QED) is 0.325. The number of benzene rings is 3. The van der Waals surface area contributed by atoms with E-state index in [-0.39, 0.29) is 23.9 Å². The topological polar surface area (TPSA) is 49.8 Å². The van der Waals surface area contributed by atoms with Crippen LogP contribution >= 0.6 is 0 Å². The van der Waals surface area contributed by atoms with Gasteiger partial charge in [0.1, 0.15) is 0 Å². The van der Waals surface area contributed by atoms with Crippen LogP contribution in [-0.2, 0) is 6.54 Å². The van der Waals surface area contributed by atoms with Crippen LogP contribution in [0.15, 0.2) is 54.6 Å². The highest BCUT2D eigenvalue weighted by molar-refractivity contribution is 5.81. The average Bonchev–Trinajstić information content (AvgIpc) is 2.72. The summed E-state index contributed by atoms with van der Waals surface area (Å²) in [6, 6.07) is 11.9. The third-order valence-electron chi connectivity index (χ3n) is 4.26. The first-order valence-corrected chi connectivity index (χ1v) is 8.77. The SMILES string of the molecule is Fc1ccc(CNc2nc3ccccc3nc2Nc2cc(F)c(F)c(F)c2)cc1F. The van der Waals surface area contributed by atoms with Crippen molar-refractivity contribution < 1.29 is 22.0 Å². The van der Waals surface area contributed by atoms with Crippen LogP contribution < -0.4 is 10.6 Å². The fourth-order valence-corrected chi connectivity index (χ4v) is 2.81. The third-order valence-corrected chi connectivity index (χ3v) is 4.26. The Morgan fingerprint density at radius 2 is 1.30 bits per heavy atom. The Morgan fingerprint density at radius 1 is 0.667 bits per heavy atom. The minimum Gasteiger partial charge on any atom is -0.363 e. The predicted octanol–water partition coefficient (Wildman–Crippen LogP) is 5.68. The Morgan fingerprint density at radius 3 is 1.93 bits per heavy atom. The number of para-hydroxylation sites is 2. The van der Waals surface area contributed by atoms with Gasteiger partial charge in [-0.05, 0) is 29.8 Å². The average molecular weight is 416 g/mol. The van der Waals surface area contributed by atoms with Crippen LogP contribution in [0.2, 0.25) is 0 Å². The highest BCUT2D eigenvalue weighted by atomic mass is 19.2. The van der Waals surface area contributed by atoms with E-state index >= 15 is 0 Å². The first-order chi connectivity index (χ1) is 14.4. The standard InChI is InChI=1S/C21H13F5N4/c22-13-6-5-11(7-14(13)23)10-27-20-21(30-18-4-2-1-3-17(18)29-20)28-12-8-15(24)19(26)16(25)9-12/h1-9H,10H2,(H,27,29)(H,28,30). The van der Waals surface area contributed by atoms with E-state index in [0.29, 0.717) is 16.6 Å². The second-order valence-electron chi connectivity index (χ2n) is 6.39. The summed E-state index contributed by atoms with van der Waals surface area (Å²) < 4.78 is 66.9. The van der Waals surface area contributed by atoms with Crippen LogP contribution in [-0.4, -0.2) is 9.97 Å². The molecule has 0 bridgehead atoms. The third kappa shape index (κ3) is 4.00. The van der Waals surface area contributed by atoms with Gasteiger partial charge in [-0.1, -0.05) is 18.2 Å². The Hall–Kier alpha value is -3.75. The van der Waals surface area contributed by atoms with Gasteiger partial charge >= 0.3 is 0 Å². The van der Waals surface area contributed by atoms with Crippen LogP contribution in [0.25, 0.3) is 11.0 Å². The largest absolute Gasteiger partial charge is 0.363 e. The molecule has 0 unspecified atom stereocenters. The van der Waals surface area contributed by atoms with E-state index < -0.39 is 29.1 Å². The number of anilines is 3. The minimum absolute atomic E-state index is 0.0744. The van der Waals surface area contributed by atoms with Gasteiger partial charge in [-0.3, -0.25) is 0 Å². The zero-order valence-corrected chi connectivity index (χ0v) is 15.2. The van der Waals surface area contributed by atoms with Crippen LogP contribution in [0.5, 0.6) is 0 Å². The van der Waals surface area contributed by atoms with Gasteiger partial charge in [0, 0.05) is 24.4 Å². The molecule has 9 heteroatoms. The zero-order valence-electron chi connectivity index (χ0n) is 15.2. The van der Waals surface area contributed by atoms with E-state index in [4.69, 9.17) is 0 Å². The number of aromatic nitrogens is 2. The molecule has 0 spiro atoms. The summed E-state index contributed by atoms with van der Waals surface area (Å²) >= 11 is 0. The normalized spacial score (nSPS) is 11.0. The van der Waals surface area contributed by atoms with Crippen LogP contribution in [0, 0.1) is 29.1 Å². The molecule has 4 aromatic rings. The van der Waals surface area contributed by atoms with Gasteiger partial charge in [0.15, 0.2) is 40.7 Å². The molecule has 2 N–H and O–H groups in total. The summed E-state index contributed by atoms with van der Waals surface area (Å²) in [5, 5.41) is 5.66. The maximum absolute atomic E-state index is 13.6. The van der Waals surface area contributed by atoms with Crippen molar-refractivity contribution in [3.8, 4) is 0 Å². The molecule has 1 aromatic heterocycles. The minimum atomic E-state index is -1.58. The maximum Gasteiger partial charge on any atom is 0.194 e. The van der Waals surface area contributed by atoms with E-state index in [1.54, 1.807) is 24.3 Å². The summed E-state index contributed by atoms with van der Waals surface area (Å²) in [6.07, 6.45) is 0. The molecule has 0 saturated heterocycles. The van der Waals surface area contributed by atoms with Gasteiger partial charge < -0.3 is 10.6 Å². The van der Waals surface area contributed by atoms with Crippen molar-refractivity contribution in [2.24, 2.45) is 0 Å². The van der Waals surface area contributed by atoms with Crippen molar-refractivity contribution in [3.05, 3.63) is 89.2 Å². The predicted molar refractivity (Wildman–Crippen MR) is 103 cm³/mol. The fraction of sp³-hybridized carbons (Fsp3) is 0.0476. The maximum atomic E-state index is 13.6. The van der Waals surface area contributed by atoms with Gasteiger partial charge in [0.25, 0.3) is 0 Å². The second-order valence-corrected chi connectivity index (χ2v) is 6.39. The number of rotatable bonds is 5. The van der Waals surface area contributed by atoms with E-state index in [1.807, 2.05) is 0 Å². The molecule has 30 heavy (non-hydrogen) atoms. The Bertz CT molecular complexity index is 1220. The molecule has 0 atom stereocenters. The molecule has 152 valence electrons. The lowest BCUT2D eigenvalue weighted by molar-refractivity contribution is 0.448. The van der Waals surface area contributed by atoms with Crippen molar-refractivity contribution >= 4 is 28.4 Å². The zero-order chi connectivity index (χ0) is 21.3. The van der Waals surface area contributed by atoms with Crippen molar-refractivity contribution in [1.82, 2.24) is 9.97 Å². The van der Waals surface area contributed by atoms with Crippen molar-refractivity contribution in [1.29, 1.82) is 0 Å². The highest BCUT2D eigenvalue weighted by Gasteiger charge is 2.14. The molecule has 0 aliphatic heterocycles. The summed E-state index contributed by atoms with van der Waals surface area (Å²) in [5.41, 5.74) is 1.40. The number of halogens is 5. The molecule has 0 aliphatic carbocycles. The second kappa shape index (κ2) is 7.94. The van der Waals surface area contributed by atoms with Gasteiger partial charge in [-0.25, -0.2) is 31.9 Å². The lowest BCUT2D eigenvalue weighted by Gasteiger charge is -2.14. The van der Waals surface area contributed by atoms with Gasteiger partial charge in [0.2, 0.25) is 0 Å². The van der Waals surface area contributed by atoms with Gasteiger partial charge in [-0.15, -0.1) is 0 Å². The van der Waals surface area contributed by atoms with E-state index in [9.17, 15) is 22.0 Å². The van der Waals surface area contributed by atoms with Gasteiger partial charge in [-0.2, -0.15) is 0 Å². The molecule has 4 nitrogen and oxygen atoms in total. The molecule has 4 rings (SSSR count). The molecular weight excluding hydrogens is 403 g/mol. The molecule has 0 amide bonds. The fourth-order valence-electron chi connectivity index (χ4n) is 2.81. The first-order valence-electron chi connectivity index (χ1n) is 8.77. The molecule has 0 fully saturated rings. The summed E-state index contributed by atoms with van der Waals surface area (Å²) in [6.45, 7) is 0.0744. The summed E-state index contributed by atoms with van der Waals surface area (Å²) in [5.74, 6) is -5.95. The number of nitrogens with one attached hydrogen (secondary N) is 2. The molecular formula is C21H13F5N4. The van der Waals surface area contributed by atoms with Gasteiger partial charge in [0.05, 0.1) is 11.0 Å². The number of hydrogen-bond acceptors (Lipinski definition) is 4. The molecule has 0 saturated carbocycles. The van der Waals surface area contributed by atoms with Crippen molar-refractivity contribution in [3.63, 3.8) is 0 Å². The molecule has 1 heterocycles. The monoisotopic (exact) mass is 416 g/mol. The molecule has 3 aromatic carbocycles. The van der Waals surface area contributed by atoms with Crippen molar-refractivity contribution in [2.45, 2.75) is 6.54 Å². The highest BCUT2D eigenvalue weighted by Crippen LogP contribution is 2.27. The van der Waals surface area contributed by atoms with E-state index in [2.05, 4.69) is 20.6 Å². The van der Waals surface area contributed by atoms with Crippen LogP contribution in [0.1, 0.15) is 5.56 Å². The Balaban J connectivity index is 1.69. The smallest absolute Gasteiger partial charge is 0.194 e. The summed E-state index contributed by atoms with van der Waals surface area (Å²) in [4.78, 5) is 8.81. The molecule has 0 radical (unpaired) electrons. The van der Waals surface area contributed by atoms with E-state index in [1.165, 1.54) is 6.07 Å².